The van der Waals surface area contributed by atoms with Crippen molar-refractivity contribution in [1.82, 2.24) is 0 Å². The SMILES string of the molecule is C=C(C)C=O.CC(C)(C)O. The number of aldehydes is 1. The van der Waals surface area contributed by atoms with E-state index in [0.717, 1.165) is 6.29 Å². The maximum Gasteiger partial charge on any atom is 0.145 e. The van der Waals surface area contributed by atoms with E-state index in [9.17, 15) is 4.79 Å². The number of rotatable bonds is 1. The summed E-state index contributed by atoms with van der Waals surface area (Å²) in [6, 6.07) is 0. The van der Waals surface area contributed by atoms with E-state index in [1.165, 1.54) is 0 Å². The van der Waals surface area contributed by atoms with Gasteiger partial charge in [0.05, 0.1) is 5.60 Å². The van der Waals surface area contributed by atoms with Crippen molar-refractivity contribution in [2.45, 2.75) is 33.3 Å². The van der Waals surface area contributed by atoms with Crippen LogP contribution in [0.3, 0.4) is 0 Å². The van der Waals surface area contributed by atoms with Crippen LogP contribution in [0.25, 0.3) is 0 Å². The van der Waals surface area contributed by atoms with E-state index in [1.54, 1.807) is 27.7 Å². The Bertz CT molecular complexity index is 103. The van der Waals surface area contributed by atoms with Gasteiger partial charge in [-0.15, -0.1) is 0 Å². The molecular weight excluding hydrogens is 128 g/mol. The van der Waals surface area contributed by atoms with E-state index >= 15 is 0 Å². The zero-order chi connectivity index (χ0) is 8.78. The van der Waals surface area contributed by atoms with Gasteiger partial charge in [0.2, 0.25) is 0 Å². The number of aliphatic hydroxyl groups is 1. The molecule has 0 bridgehead atoms. The van der Waals surface area contributed by atoms with E-state index in [2.05, 4.69) is 6.58 Å². The predicted octanol–water partition coefficient (Wildman–Crippen LogP) is 1.54. The summed E-state index contributed by atoms with van der Waals surface area (Å²) in [6.07, 6.45) is 0.722. The predicted molar refractivity (Wildman–Crippen MR) is 42.8 cm³/mol. The molecule has 0 aromatic carbocycles. The summed E-state index contributed by atoms with van der Waals surface area (Å²) in [6.45, 7) is 10.2. The molecule has 0 radical (unpaired) electrons. The second-order valence-corrected chi connectivity index (χ2v) is 3.14. The maximum atomic E-state index is 9.41. The van der Waals surface area contributed by atoms with Crippen LogP contribution in [-0.4, -0.2) is 17.0 Å². The standard InChI is InChI=1S/C4H10O.C4H6O/c1-4(2,3)5;1-4(2)3-5/h5H,1-3H3;3H,1H2,2H3. The van der Waals surface area contributed by atoms with E-state index < -0.39 is 5.60 Å². The van der Waals surface area contributed by atoms with Gasteiger partial charge in [0.15, 0.2) is 0 Å². The molecule has 0 rings (SSSR count). The molecule has 0 fully saturated rings. The molecule has 10 heavy (non-hydrogen) atoms. The highest BCUT2D eigenvalue weighted by atomic mass is 16.3. The fraction of sp³-hybridized carbons (Fsp3) is 0.625. The van der Waals surface area contributed by atoms with Gasteiger partial charge in [0.25, 0.3) is 0 Å². The summed E-state index contributed by atoms with van der Waals surface area (Å²) < 4.78 is 0. The second-order valence-electron chi connectivity index (χ2n) is 3.14. The Morgan fingerprint density at radius 1 is 1.50 bits per heavy atom. The van der Waals surface area contributed by atoms with Crippen LogP contribution in [-0.2, 0) is 4.79 Å². The number of hydrogen-bond donors (Lipinski definition) is 1. The quantitative estimate of drug-likeness (QED) is 0.447. The first kappa shape index (κ1) is 12.1. The lowest BCUT2D eigenvalue weighted by atomic mass is 10.2. The topological polar surface area (TPSA) is 37.3 Å². The van der Waals surface area contributed by atoms with Crippen LogP contribution in [0, 0.1) is 0 Å². The van der Waals surface area contributed by atoms with Crippen molar-refractivity contribution in [3.05, 3.63) is 12.2 Å². The van der Waals surface area contributed by atoms with Crippen LogP contribution in [0.2, 0.25) is 0 Å². The van der Waals surface area contributed by atoms with Crippen molar-refractivity contribution in [3.8, 4) is 0 Å². The van der Waals surface area contributed by atoms with Crippen molar-refractivity contribution in [3.63, 3.8) is 0 Å². The average molecular weight is 144 g/mol. The van der Waals surface area contributed by atoms with Gasteiger partial charge in [0, 0.05) is 0 Å². The Hall–Kier alpha value is -0.630. The minimum atomic E-state index is -0.500. The van der Waals surface area contributed by atoms with Gasteiger partial charge in [-0.1, -0.05) is 6.58 Å². The summed E-state index contributed by atoms with van der Waals surface area (Å²) >= 11 is 0. The van der Waals surface area contributed by atoms with Crippen LogP contribution in [0.1, 0.15) is 27.7 Å². The molecule has 0 heterocycles. The first-order chi connectivity index (χ1) is 4.27. The largest absolute Gasteiger partial charge is 0.391 e. The molecule has 0 atom stereocenters. The third kappa shape index (κ3) is 159. The molecular formula is C8H16O2. The van der Waals surface area contributed by atoms with Crippen molar-refractivity contribution in [1.29, 1.82) is 0 Å². The Labute approximate surface area is 62.6 Å². The molecule has 60 valence electrons. The molecule has 1 N–H and O–H groups in total. The Kier molecular flexibility index (Phi) is 6.26. The molecule has 0 spiro atoms. The summed E-state index contributed by atoms with van der Waals surface area (Å²) in [5, 5.41) is 8.52. The summed E-state index contributed by atoms with van der Waals surface area (Å²) in [7, 11) is 0. The molecule has 2 nitrogen and oxygen atoms in total. The van der Waals surface area contributed by atoms with E-state index in [4.69, 9.17) is 5.11 Å². The molecule has 0 aromatic rings. The van der Waals surface area contributed by atoms with Gasteiger partial charge in [-0.3, -0.25) is 4.79 Å². The van der Waals surface area contributed by atoms with E-state index in [0.29, 0.717) is 5.57 Å². The number of carbonyl (C=O) groups excluding carboxylic acids is 1. The Morgan fingerprint density at radius 3 is 1.60 bits per heavy atom. The smallest absolute Gasteiger partial charge is 0.145 e. The lowest BCUT2D eigenvalue weighted by Crippen LogP contribution is -2.10. The minimum absolute atomic E-state index is 0.500. The summed E-state index contributed by atoms with van der Waals surface area (Å²) in [4.78, 5) is 9.41. The Balaban J connectivity index is 0. The molecule has 0 unspecified atom stereocenters. The van der Waals surface area contributed by atoms with Crippen molar-refractivity contribution >= 4 is 6.29 Å². The fourth-order valence-corrected chi connectivity index (χ4v) is 0. The van der Waals surface area contributed by atoms with Crippen LogP contribution in [0.15, 0.2) is 12.2 Å². The van der Waals surface area contributed by atoms with E-state index in [1.807, 2.05) is 0 Å². The normalized spacial score (nSPS) is 9.30. The first-order valence-corrected chi connectivity index (χ1v) is 3.10. The van der Waals surface area contributed by atoms with Crippen LogP contribution in [0.4, 0.5) is 0 Å². The highest BCUT2D eigenvalue weighted by molar-refractivity contribution is 5.70. The molecule has 0 aromatic heterocycles. The van der Waals surface area contributed by atoms with Gasteiger partial charge in [-0.25, -0.2) is 0 Å². The number of hydrogen-bond acceptors (Lipinski definition) is 2. The van der Waals surface area contributed by atoms with Crippen LogP contribution >= 0.6 is 0 Å². The van der Waals surface area contributed by atoms with Gasteiger partial charge < -0.3 is 5.11 Å². The number of carbonyl (C=O) groups is 1. The van der Waals surface area contributed by atoms with Crippen LogP contribution < -0.4 is 0 Å². The maximum absolute atomic E-state index is 9.41. The fourth-order valence-electron chi connectivity index (χ4n) is 0. The van der Waals surface area contributed by atoms with Crippen molar-refractivity contribution in [2.75, 3.05) is 0 Å². The van der Waals surface area contributed by atoms with Crippen molar-refractivity contribution in [2.24, 2.45) is 0 Å². The number of allylic oxidation sites excluding steroid dienone is 1. The molecule has 0 aliphatic carbocycles. The molecule has 0 amide bonds. The van der Waals surface area contributed by atoms with Gasteiger partial charge in [-0.05, 0) is 33.3 Å². The Morgan fingerprint density at radius 2 is 1.60 bits per heavy atom. The third-order valence-electron chi connectivity index (χ3n) is 0.201. The lowest BCUT2D eigenvalue weighted by molar-refractivity contribution is -0.104. The van der Waals surface area contributed by atoms with Gasteiger partial charge >= 0.3 is 0 Å². The lowest BCUT2D eigenvalue weighted by Gasteiger charge is -2.04. The average Bonchev–Trinajstić information content (AvgIpc) is 1.61. The third-order valence-corrected chi connectivity index (χ3v) is 0.201. The van der Waals surface area contributed by atoms with Gasteiger partial charge in [-0.2, -0.15) is 0 Å². The summed E-state index contributed by atoms with van der Waals surface area (Å²) in [5.74, 6) is 0. The van der Waals surface area contributed by atoms with E-state index in [-0.39, 0.29) is 0 Å². The second kappa shape index (κ2) is 5.18. The highest BCUT2D eigenvalue weighted by Gasteiger charge is 1.97. The molecule has 0 saturated carbocycles. The monoisotopic (exact) mass is 144 g/mol. The van der Waals surface area contributed by atoms with Crippen molar-refractivity contribution < 1.29 is 9.90 Å². The zero-order valence-electron chi connectivity index (χ0n) is 7.14. The minimum Gasteiger partial charge on any atom is -0.391 e. The van der Waals surface area contributed by atoms with Crippen LogP contribution in [0.5, 0.6) is 0 Å². The highest BCUT2D eigenvalue weighted by Crippen LogP contribution is 1.93. The molecule has 0 aliphatic rings. The molecule has 0 aliphatic heterocycles. The molecule has 0 saturated heterocycles. The molecule has 2 heteroatoms. The zero-order valence-corrected chi connectivity index (χ0v) is 7.14. The summed E-state index contributed by atoms with van der Waals surface area (Å²) in [5.41, 5.74) is 0.0741. The van der Waals surface area contributed by atoms with Gasteiger partial charge in [0.1, 0.15) is 6.29 Å². The first-order valence-electron chi connectivity index (χ1n) is 3.10.